The zero-order chi connectivity index (χ0) is 11.8. The second-order valence-corrected chi connectivity index (χ2v) is 5.23. The average Bonchev–Trinajstić information content (AvgIpc) is 2.99. The maximum absolute atomic E-state index is 11.3. The van der Waals surface area contributed by atoms with Crippen LogP contribution in [-0.2, 0) is 4.79 Å². The molecule has 1 aliphatic rings. The van der Waals surface area contributed by atoms with Crippen molar-refractivity contribution in [3.63, 3.8) is 0 Å². The molecule has 94 valence electrons. The van der Waals surface area contributed by atoms with E-state index in [-0.39, 0.29) is 5.91 Å². The Labute approximate surface area is 99.4 Å². The molecule has 0 aromatic carbocycles. The summed E-state index contributed by atoms with van der Waals surface area (Å²) in [4.78, 5) is 11.3. The molecule has 0 spiro atoms. The van der Waals surface area contributed by atoms with Gasteiger partial charge in [0, 0.05) is 12.5 Å². The number of carbonyl (C=O) groups is 1. The van der Waals surface area contributed by atoms with E-state index in [1.165, 1.54) is 25.7 Å². The Kier molecular flexibility index (Phi) is 6.46. The molecule has 0 aromatic rings. The molecule has 0 atom stereocenters. The molecule has 1 aliphatic carbocycles. The third-order valence-electron chi connectivity index (χ3n) is 2.83. The van der Waals surface area contributed by atoms with E-state index in [2.05, 4.69) is 24.5 Å². The van der Waals surface area contributed by atoms with Crippen molar-refractivity contribution in [2.24, 2.45) is 5.92 Å². The molecule has 0 saturated heterocycles. The second-order valence-electron chi connectivity index (χ2n) is 5.23. The highest BCUT2D eigenvalue weighted by atomic mass is 16.1. The number of carbonyl (C=O) groups excluding carboxylic acids is 1. The van der Waals surface area contributed by atoms with Crippen molar-refractivity contribution in [1.82, 2.24) is 10.6 Å². The number of amides is 1. The lowest BCUT2D eigenvalue weighted by Gasteiger charge is -2.06. The number of hydrogen-bond acceptors (Lipinski definition) is 2. The molecule has 0 heterocycles. The summed E-state index contributed by atoms with van der Waals surface area (Å²) >= 11 is 0. The highest BCUT2D eigenvalue weighted by molar-refractivity contribution is 5.76. The van der Waals surface area contributed by atoms with Crippen LogP contribution in [0.3, 0.4) is 0 Å². The minimum absolute atomic E-state index is 0.228. The third kappa shape index (κ3) is 7.69. The Bertz CT molecular complexity index is 200. The fourth-order valence-electron chi connectivity index (χ4n) is 1.66. The van der Waals surface area contributed by atoms with Crippen LogP contribution in [0.25, 0.3) is 0 Å². The van der Waals surface area contributed by atoms with Gasteiger partial charge in [-0.25, -0.2) is 0 Å². The zero-order valence-electron chi connectivity index (χ0n) is 10.7. The number of nitrogens with one attached hydrogen (secondary N) is 2. The molecule has 1 rings (SSSR count). The van der Waals surface area contributed by atoms with Crippen molar-refractivity contribution in [1.29, 1.82) is 0 Å². The molecule has 1 amide bonds. The van der Waals surface area contributed by atoms with Crippen LogP contribution in [0.5, 0.6) is 0 Å². The SMILES string of the molecule is CC(C)CCCNCCCC(=O)NC1CC1. The van der Waals surface area contributed by atoms with Crippen LogP contribution in [0.1, 0.15) is 52.4 Å². The smallest absolute Gasteiger partial charge is 0.220 e. The first-order valence-electron chi connectivity index (χ1n) is 6.68. The zero-order valence-corrected chi connectivity index (χ0v) is 10.7. The van der Waals surface area contributed by atoms with Crippen molar-refractivity contribution in [3.8, 4) is 0 Å². The van der Waals surface area contributed by atoms with Crippen molar-refractivity contribution in [2.75, 3.05) is 13.1 Å². The Balaban J connectivity index is 1.78. The maximum Gasteiger partial charge on any atom is 0.220 e. The van der Waals surface area contributed by atoms with Crippen LogP contribution in [0.15, 0.2) is 0 Å². The summed E-state index contributed by atoms with van der Waals surface area (Å²) in [7, 11) is 0. The molecule has 3 heteroatoms. The lowest BCUT2D eigenvalue weighted by Crippen LogP contribution is -2.26. The molecule has 0 aromatic heterocycles. The minimum atomic E-state index is 0.228. The molecule has 16 heavy (non-hydrogen) atoms. The molecule has 0 bridgehead atoms. The van der Waals surface area contributed by atoms with E-state index in [0.717, 1.165) is 25.4 Å². The molecule has 1 fully saturated rings. The van der Waals surface area contributed by atoms with Gasteiger partial charge >= 0.3 is 0 Å². The van der Waals surface area contributed by atoms with Crippen molar-refractivity contribution in [3.05, 3.63) is 0 Å². The maximum atomic E-state index is 11.3. The van der Waals surface area contributed by atoms with Gasteiger partial charge in [-0.3, -0.25) is 4.79 Å². The number of rotatable bonds is 9. The van der Waals surface area contributed by atoms with Gasteiger partial charge in [-0.2, -0.15) is 0 Å². The molecule has 0 radical (unpaired) electrons. The Morgan fingerprint density at radius 2 is 1.94 bits per heavy atom. The first-order valence-corrected chi connectivity index (χ1v) is 6.68. The highest BCUT2D eigenvalue weighted by Crippen LogP contribution is 2.18. The van der Waals surface area contributed by atoms with Gasteiger partial charge in [0.1, 0.15) is 0 Å². The Morgan fingerprint density at radius 1 is 1.25 bits per heavy atom. The number of hydrogen-bond donors (Lipinski definition) is 2. The predicted octanol–water partition coefficient (Wildman–Crippen LogP) is 2.07. The lowest BCUT2D eigenvalue weighted by molar-refractivity contribution is -0.121. The van der Waals surface area contributed by atoms with Gasteiger partial charge in [0.2, 0.25) is 5.91 Å². The first kappa shape index (κ1) is 13.5. The Hall–Kier alpha value is -0.570. The molecule has 3 nitrogen and oxygen atoms in total. The summed E-state index contributed by atoms with van der Waals surface area (Å²) in [6, 6.07) is 0.506. The van der Waals surface area contributed by atoms with Gasteiger partial charge in [0.05, 0.1) is 0 Å². The lowest BCUT2D eigenvalue weighted by atomic mass is 10.1. The highest BCUT2D eigenvalue weighted by Gasteiger charge is 2.22. The standard InChI is InChI=1S/C13H26N2O/c1-11(2)5-3-9-14-10-4-6-13(16)15-12-7-8-12/h11-12,14H,3-10H2,1-2H3,(H,15,16). The molecule has 2 N–H and O–H groups in total. The van der Waals surface area contributed by atoms with Crippen LogP contribution in [0, 0.1) is 5.92 Å². The van der Waals surface area contributed by atoms with Crippen LogP contribution in [0.4, 0.5) is 0 Å². The van der Waals surface area contributed by atoms with Gasteiger partial charge in [0.15, 0.2) is 0 Å². The van der Waals surface area contributed by atoms with Crippen molar-refractivity contribution >= 4 is 5.91 Å². The van der Waals surface area contributed by atoms with Gasteiger partial charge in [-0.15, -0.1) is 0 Å². The fraction of sp³-hybridized carbons (Fsp3) is 0.923. The molecular weight excluding hydrogens is 200 g/mol. The topological polar surface area (TPSA) is 41.1 Å². The summed E-state index contributed by atoms with van der Waals surface area (Å²) in [5.74, 6) is 1.03. The normalized spacial score (nSPS) is 15.4. The quantitative estimate of drug-likeness (QED) is 0.591. The van der Waals surface area contributed by atoms with Crippen LogP contribution >= 0.6 is 0 Å². The molecule has 0 unspecified atom stereocenters. The first-order chi connectivity index (χ1) is 7.68. The van der Waals surface area contributed by atoms with Gasteiger partial charge in [-0.05, 0) is 51.1 Å². The van der Waals surface area contributed by atoms with Crippen molar-refractivity contribution in [2.45, 2.75) is 58.4 Å². The van der Waals surface area contributed by atoms with E-state index in [0.29, 0.717) is 12.5 Å². The summed E-state index contributed by atoms with van der Waals surface area (Å²) in [6.07, 6.45) is 6.52. The van der Waals surface area contributed by atoms with Gasteiger partial charge in [-0.1, -0.05) is 13.8 Å². The van der Waals surface area contributed by atoms with E-state index in [9.17, 15) is 4.79 Å². The summed E-state index contributed by atoms with van der Waals surface area (Å²) in [5.41, 5.74) is 0. The predicted molar refractivity (Wildman–Crippen MR) is 67.3 cm³/mol. The van der Waals surface area contributed by atoms with Gasteiger partial charge < -0.3 is 10.6 Å². The molecular formula is C13H26N2O. The van der Waals surface area contributed by atoms with Crippen LogP contribution in [0.2, 0.25) is 0 Å². The monoisotopic (exact) mass is 226 g/mol. The summed E-state index contributed by atoms with van der Waals surface area (Å²) < 4.78 is 0. The van der Waals surface area contributed by atoms with Crippen molar-refractivity contribution < 1.29 is 4.79 Å². The average molecular weight is 226 g/mol. The van der Waals surface area contributed by atoms with E-state index < -0.39 is 0 Å². The largest absolute Gasteiger partial charge is 0.353 e. The van der Waals surface area contributed by atoms with E-state index in [4.69, 9.17) is 0 Å². The summed E-state index contributed by atoms with van der Waals surface area (Å²) in [5, 5.41) is 6.39. The minimum Gasteiger partial charge on any atom is -0.353 e. The van der Waals surface area contributed by atoms with E-state index >= 15 is 0 Å². The molecule has 1 saturated carbocycles. The second kappa shape index (κ2) is 7.66. The van der Waals surface area contributed by atoms with E-state index in [1.54, 1.807) is 0 Å². The molecule has 0 aliphatic heterocycles. The van der Waals surface area contributed by atoms with E-state index in [1.807, 2.05) is 0 Å². The fourth-order valence-corrected chi connectivity index (χ4v) is 1.66. The van der Waals surface area contributed by atoms with Crippen LogP contribution in [-0.4, -0.2) is 25.0 Å². The summed E-state index contributed by atoms with van der Waals surface area (Å²) in [6.45, 7) is 6.56. The van der Waals surface area contributed by atoms with Gasteiger partial charge in [0.25, 0.3) is 0 Å². The van der Waals surface area contributed by atoms with Crippen LogP contribution < -0.4 is 10.6 Å². The Morgan fingerprint density at radius 3 is 2.56 bits per heavy atom. The third-order valence-corrected chi connectivity index (χ3v) is 2.83.